The first kappa shape index (κ1) is 20.8. The highest BCUT2D eigenvalue weighted by molar-refractivity contribution is 7.99. The van der Waals surface area contributed by atoms with E-state index < -0.39 is 0 Å². The molecule has 150 valence electrons. The molecule has 0 aliphatic heterocycles. The molecule has 7 nitrogen and oxygen atoms in total. The summed E-state index contributed by atoms with van der Waals surface area (Å²) in [7, 11) is 1.57. The number of fused-ring (bicyclic) bond motifs is 1. The van der Waals surface area contributed by atoms with Gasteiger partial charge < -0.3 is 10.1 Å². The molecule has 3 aromatic rings. The Labute approximate surface area is 172 Å². The summed E-state index contributed by atoms with van der Waals surface area (Å²) in [6.07, 6.45) is 0. The maximum Gasteiger partial charge on any atom is 0.262 e. The van der Waals surface area contributed by atoms with Crippen molar-refractivity contribution in [3.63, 3.8) is 0 Å². The fourth-order valence-corrected chi connectivity index (χ4v) is 3.71. The smallest absolute Gasteiger partial charge is 0.262 e. The van der Waals surface area contributed by atoms with Gasteiger partial charge >= 0.3 is 0 Å². The van der Waals surface area contributed by atoms with Crippen LogP contribution in [0.15, 0.2) is 58.5 Å². The summed E-state index contributed by atoms with van der Waals surface area (Å²) in [5.41, 5.74) is 1.60. The van der Waals surface area contributed by atoms with Crippen LogP contribution in [0.3, 0.4) is 0 Å². The molecule has 0 aliphatic carbocycles. The van der Waals surface area contributed by atoms with E-state index in [4.69, 9.17) is 4.74 Å². The molecule has 8 heteroatoms. The van der Waals surface area contributed by atoms with Gasteiger partial charge in [-0.1, -0.05) is 23.9 Å². The Morgan fingerprint density at radius 1 is 1.14 bits per heavy atom. The van der Waals surface area contributed by atoms with Crippen LogP contribution in [0.4, 0.5) is 5.69 Å². The van der Waals surface area contributed by atoms with Gasteiger partial charge in [-0.2, -0.15) is 0 Å². The number of ether oxygens (including phenoxy) is 1. The van der Waals surface area contributed by atoms with E-state index in [1.807, 2.05) is 6.07 Å². The third kappa shape index (κ3) is 5.10. The third-order valence-corrected chi connectivity index (χ3v) is 5.18. The van der Waals surface area contributed by atoms with Gasteiger partial charge in [0.15, 0.2) is 10.9 Å². The third-order valence-electron chi connectivity index (χ3n) is 4.21. The van der Waals surface area contributed by atoms with Crippen LogP contribution in [0.1, 0.15) is 17.3 Å². The van der Waals surface area contributed by atoms with Crippen molar-refractivity contribution in [2.75, 3.05) is 24.8 Å². The first-order valence-corrected chi connectivity index (χ1v) is 10.0. The molecule has 0 spiro atoms. The Balaban J connectivity index is 1.81. The molecule has 3 rings (SSSR count). The molecular formula is C21H21N3O4S. The molecule has 1 heterocycles. The zero-order valence-corrected chi connectivity index (χ0v) is 17.0. The molecule has 0 radical (unpaired) electrons. The number of rotatable bonds is 8. The first-order valence-electron chi connectivity index (χ1n) is 9.02. The molecule has 0 saturated carbocycles. The number of Topliss-reactive ketones (excluding diaryl/α,β-unsaturated/α-hetero) is 1. The number of thioether (sulfide) groups is 1. The van der Waals surface area contributed by atoms with E-state index in [1.165, 1.54) is 18.7 Å². The summed E-state index contributed by atoms with van der Waals surface area (Å²) in [6, 6.07) is 13.8. The van der Waals surface area contributed by atoms with Gasteiger partial charge in [0.25, 0.3) is 5.56 Å². The quantitative estimate of drug-likeness (QED) is 0.348. The number of amides is 1. The van der Waals surface area contributed by atoms with Crippen LogP contribution in [0.5, 0.6) is 0 Å². The van der Waals surface area contributed by atoms with E-state index >= 15 is 0 Å². The van der Waals surface area contributed by atoms with Crippen molar-refractivity contribution in [3.05, 3.63) is 64.4 Å². The topological polar surface area (TPSA) is 90.3 Å². The average molecular weight is 411 g/mol. The molecule has 0 atom stereocenters. The number of hydrogen-bond acceptors (Lipinski definition) is 6. The Kier molecular flexibility index (Phi) is 6.79. The predicted octanol–water partition coefficient (Wildman–Crippen LogP) is 2.98. The molecule has 0 fully saturated rings. The van der Waals surface area contributed by atoms with Gasteiger partial charge in [0.1, 0.15) is 0 Å². The van der Waals surface area contributed by atoms with Crippen LogP contribution in [0.2, 0.25) is 0 Å². The van der Waals surface area contributed by atoms with Gasteiger partial charge in [0.2, 0.25) is 5.91 Å². The highest BCUT2D eigenvalue weighted by atomic mass is 32.2. The second kappa shape index (κ2) is 9.49. The van der Waals surface area contributed by atoms with Crippen LogP contribution < -0.4 is 10.9 Å². The van der Waals surface area contributed by atoms with E-state index in [0.29, 0.717) is 40.5 Å². The van der Waals surface area contributed by atoms with E-state index in [9.17, 15) is 14.4 Å². The van der Waals surface area contributed by atoms with Crippen molar-refractivity contribution in [2.24, 2.45) is 0 Å². The minimum Gasteiger partial charge on any atom is -0.383 e. The van der Waals surface area contributed by atoms with Crippen molar-refractivity contribution < 1.29 is 14.3 Å². The van der Waals surface area contributed by atoms with Gasteiger partial charge in [-0.15, -0.1) is 0 Å². The molecule has 0 aliphatic rings. The highest BCUT2D eigenvalue weighted by Crippen LogP contribution is 2.20. The SMILES string of the molecule is COCCn1c(SCC(=O)c2ccc(NC(C)=O)cc2)nc2ccccc2c1=O. The number of methoxy groups -OCH3 is 1. The van der Waals surface area contributed by atoms with Crippen molar-refractivity contribution >= 4 is 40.0 Å². The van der Waals surface area contributed by atoms with Gasteiger partial charge in [-0.3, -0.25) is 19.0 Å². The molecule has 0 unspecified atom stereocenters. The van der Waals surface area contributed by atoms with Gasteiger partial charge in [0.05, 0.1) is 29.8 Å². The van der Waals surface area contributed by atoms with E-state index in [1.54, 1.807) is 54.1 Å². The lowest BCUT2D eigenvalue weighted by Gasteiger charge is -2.12. The minimum absolute atomic E-state index is 0.0925. The van der Waals surface area contributed by atoms with Crippen LogP contribution in [-0.4, -0.2) is 40.7 Å². The number of nitrogens with zero attached hydrogens (tertiary/aromatic N) is 2. The summed E-state index contributed by atoms with van der Waals surface area (Å²) in [4.78, 5) is 41.1. The monoisotopic (exact) mass is 411 g/mol. The number of carbonyl (C=O) groups excluding carboxylic acids is 2. The van der Waals surface area contributed by atoms with E-state index in [2.05, 4.69) is 10.3 Å². The molecular weight excluding hydrogens is 390 g/mol. The Morgan fingerprint density at radius 2 is 1.86 bits per heavy atom. The summed E-state index contributed by atoms with van der Waals surface area (Å²) in [5, 5.41) is 3.68. The van der Waals surface area contributed by atoms with Crippen molar-refractivity contribution in [1.29, 1.82) is 0 Å². The summed E-state index contributed by atoms with van der Waals surface area (Å²) < 4.78 is 6.65. The highest BCUT2D eigenvalue weighted by Gasteiger charge is 2.14. The number of carbonyl (C=O) groups is 2. The number of nitrogens with one attached hydrogen (secondary N) is 1. The fourth-order valence-electron chi connectivity index (χ4n) is 2.79. The number of hydrogen-bond donors (Lipinski definition) is 1. The van der Waals surface area contributed by atoms with Gasteiger partial charge in [-0.05, 0) is 36.4 Å². The molecule has 29 heavy (non-hydrogen) atoms. The lowest BCUT2D eigenvalue weighted by Crippen LogP contribution is -2.25. The molecule has 2 aromatic carbocycles. The number of aromatic nitrogens is 2. The Hall–Kier alpha value is -2.97. The van der Waals surface area contributed by atoms with Gasteiger partial charge in [-0.25, -0.2) is 4.98 Å². The fraction of sp³-hybridized carbons (Fsp3) is 0.238. The van der Waals surface area contributed by atoms with Crippen LogP contribution in [0, 0.1) is 0 Å². The van der Waals surface area contributed by atoms with Crippen molar-refractivity contribution in [2.45, 2.75) is 18.6 Å². The van der Waals surface area contributed by atoms with Crippen LogP contribution in [-0.2, 0) is 16.1 Å². The molecule has 1 amide bonds. The van der Waals surface area contributed by atoms with Crippen LogP contribution in [0.25, 0.3) is 10.9 Å². The lowest BCUT2D eigenvalue weighted by atomic mass is 10.1. The largest absolute Gasteiger partial charge is 0.383 e. The average Bonchev–Trinajstić information content (AvgIpc) is 2.71. The molecule has 0 saturated heterocycles. The summed E-state index contributed by atoms with van der Waals surface area (Å²) >= 11 is 1.22. The predicted molar refractivity (Wildman–Crippen MR) is 114 cm³/mol. The van der Waals surface area contributed by atoms with E-state index in [0.717, 1.165) is 0 Å². The minimum atomic E-state index is -0.170. The molecule has 1 N–H and O–H groups in total. The summed E-state index contributed by atoms with van der Waals surface area (Å²) in [6.45, 7) is 2.15. The maximum atomic E-state index is 12.8. The summed E-state index contributed by atoms with van der Waals surface area (Å²) in [5.74, 6) is -0.127. The maximum absolute atomic E-state index is 12.8. The Morgan fingerprint density at radius 3 is 2.55 bits per heavy atom. The Bertz CT molecular complexity index is 1090. The van der Waals surface area contributed by atoms with Crippen molar-refractivity contribution in [1.82, 2.24) is 9.55 Å². The zero-order valence-electron chi connectivity index (χ0n) is 16.2. The van der Waals surface area contributed by atoms with E-state index in [-0.39, 0.29) is 23.0 Å². The number of benzene rings is 2. The first-order chi connectivity index (χ1) is 14.0. The lowest BCUT2D eigenvalue weighted by molar-refractivity contribution is -0.114. The second-order valence-corrected chi connectivity index (χ2v) is 7.27. The zero-order chi connectivity index (χ0) is 20.8. The standard InChI is InChI=1S/C21H21N3O4S/c1-14(25)22-16-9-7-15(8-10-16)19(26)13-29-21-23-18-6-4-3-5-17(18)20(27)24(21)11-12-28-2/h3-10H,11-13H2,1-2H3,(H,22,25). The van der Waals surface area contributed by atoms with Gasteiger partial charge in [0, 0.05) is 25.3 Å². The normalized spacial score (nSPS) is 10.8. The molecule has 0 bridgehead atoms. The number of anilines is 1. The van der Waals surface area contributed by atoms with Crippen molar-refractivity contribution in [3.8, 4) is 0 Å². The number of ketones is 1. The second-order valence-electron chi connectivity index (χ2n) is 6.33. The molecule has 1 aromatic heterocycles. The number of para-hydroxylation sites is 1. The van der Waals surface area contributed by atoms with Crippen LogP contribution >= 0.6 is 11.8 Å².